The van der Waals surface area contributed by atoms with Gasteiger partial charge in [-0.2, -0.15) is 0 Å². The molecule has 0 saturated heterocycles. The van der Waals surface area contributed by atoms with Crippen LogP contribution in [0.1, 0.15) is 16.1 Å². The monoisotopic (exact) mass is 274 g/mol. The van der Waals surface area contributed by atoms with Gasteiger partial charge in [-0.3, -0.25) is 4.90 Å². The van der Waals surface area contributed by atoms with Crippen LogP contribution in [-0.4, -0.2) is 35.2 Å². The minimum Gasteiger partial charge on any atom is -0.363 e. The summed E-state index contributed by atoms with van der Waals surface area (Å²) in [5, 5.41) is 13.3. The zero-order valence-corrected chi connectivity index (χ0v) is 11.9. The highest BCUT2D eigenvalue weighted by Crippen LogP contribution is 2.19. The average molecular weight is 274 g/mol. The van der Waals surface area contributed by atoms with Crippen LogP contribution in [0.2, 0.25) is 0 Å². The molecule has 0 aliphatic carbocycles. The van der Waals surface area contributed by atoms with E-state index >= 15 is 0 Å². The molecule has 0 saturated carbocycles. The predicted molar refractivity (Wildman–Crippen MR) is 78.6 cm³/mol. The van der Waals surface area contributed by atoms with Gasteiger partial charge in [0.05, 0.1) is 6.54 Å². The molecule has 0 bridgehead atoms. The van der Waals surface area contributed by atoms with Crippen molar-refractivity contribution in [1.29, 1.82) is 0 Å². The van der Waals surface area contributed by atoms with Gasteiger partial charge in [0, 0.05) is 20.1 Å². The number of hydrogen-bond donors (Lipinski definition) is 1. The molecule has 2 aromatic rings. The van der Waals surface area contributed by atoms with Gasteiger partial charge in [0.1, 0.15) is 5.01 Å². The molecular weight excluding hydrogens is 256 g/mol. The Balaban J connectivity index is 1.65. The second-order valence-corrected chi connectivity index (χ2v) is 5.86. The summed E-state index contributed by atoms with van der Waals surface area (Å²) < 4.78 is 0. The molecule has 0 amide bonds. The fourth-order valence-corrected chi connectivity index (χ4v) is 3.22. The van der Waals surface area contributed by atoms with Gasteiger partial charge in [-0.1, -0.05) is 35.6 Å². The van der Waals surface area contributed by atoms with Crippen LogP contribution in [0.15, 0.2) is 24.3 Å². The molecule has 0 atom stereocenters. The summed E-state index contributed by atoms with van der Waals surface area (Å²) in [5.41, 5.74) is 3.00. The molecular formula is C14H18N4S. The van der Waals surface area contributed by atoms with Crippen molar-refractivity contribution in [2.45, 2.75) is 19.4 Å². The van der Waals surface area contributed by atoms with Crippen LogP contribution in [0.3, 0.4) is 0 Å². The topological polar surface area (TPSA) is 41.1 Å². The molecule has 0 unspecified atom stereocenters. The maximum Gasteiger partial charge on any atom is 0.205 e. The molecule has 19 heavy (non-hydrogen) atoms. The molecule has 1 aromatic heterocycles. The normalized spacial score (nSPS) is 15.8. The molecule has 3 rings (SSSR count). The Hall–Kier alpha value is -1.46. The van der Waals surface area contributed by atoms with Gasteiger partial charge < -0.3 is 5.32 Å². The van der Waals surface area contributed by atoms with Crippen LogP contribution in [0.4, 0.5) is 5.13 Å². The molecule has 4 nitrogen and oxygen atoms in total. The van der Waals surface area contributed by atoms with E-state index in [2.05, 4.69) is 44.7 Å². The maximum atomic E-state index is 4.23. The highest BCUT2D eigenvalue weighted by Gasteiger charge is 2.15. The van der Waals surface area contributed by atoms with Gasteiger partial charge in [0.2, 0.25) is 5.13 Å². The summed E-state index contributed by atoms with van der Waals surface area (Å²) in [5.74, 6) is 0. The summed E-state index contributed by atoms with van der Waals surface area (Å²) in [7, 11) is 1.88. The highest BCUT2D eigenvalue weighted by molar-refractivity contribution is 7.15. The van der Waals surface area contributed by atoms with E-state index in [4.69, 9.17) is 0 Å². The van der Waals surface area contributed by atoms with Gasteiger partial charge in [0.15, 0.2) is 0 Å². The van der Waals surface area contributed by atoms with E-state index in [1.807, 2.05) is 7.05 Å². The van der Waals surface area contributed by atoms with Crippen molar-refractivity contribution in [3.05, 3.63) is 40.4 Å². The second-order valence-electron chi connectivity index (χ2n) is 4.80. The van der Waals surface area contributed by atoms with Crippen LogP contribution in [0, 0.1) is 0 Å². The molecule has 2 heterocycles. The van der Waals surface area contributed by atoms with Gasteiger partial charge in [0.25, 0.3) is 0 Å². The predicted octanol–water partition coefficient (Wildman–Crippen LogP) is 2.18. The lowest BCUT2D eigenvalue weighted by molar-refractivity contribution is 0.278. The lowest BCUT2D eigenvalue weighted by Crippen LogP contribution is -2.25. The number of hydrogen-bond acceptors (Lipinski definition) is 5. The van der Waals surface area contributed by atoms with Crippen molar-refractivity contribution in [2.75, 3.05) is 25.5 Å². The van der Waals surface area contributed by atoms with Crippen LogP contribution in [-0.2, 0) is 19.4 Å². The highest BCUT2D eigenvalue weighted by atomic mass is 32.1. The second kappa shape index (κ2) is 5.67. The minimum absolute atomic E-state index is 0.896. The summed E-state index contributed by atoms with van der Waals surface area (Å²) in [6.45, 7) is 3.12. The van der Waals surface area contributed by atoms with E-state index in [9.17, 15) is 0 Å². The summed E-state index contributed by atoms with van der Waals surface area (Å²) >= 11 is 1.64. The van der Waals surface area contributed by atoms with E-state index in [-0.39, 0.29) is 0 Å². The van der Waals surface area contributed by atoms with Crippen LogP contribution < -0.4 is 5.32 Å². The standard InChI is InChI=1S/C14H18N4S/c1-15-14-17-16-13(19-14)10-18-8-6-11-4-2-3-5-12(11)7-9-18/h2-5H,6-10H2,1H3,(H,15,17). The molecule has 100 valence electrons. The molecule has 5 heteroatoms. The Kier molecular flexibility index (Phi) is 3.75. The number of rotatable bonds is 3. The third-order valence-corrected chi connectivity index (χ3v) is 4.48. The smallest absolute Gasteiger partial charge is 0.205 e. The van der Waals surface area contributed by atoms with E-state index in [0.717, 1.165) is 42.6 Å². The third-order valence-electron chi connectivity index (χ3n) is 3.55. The first-order chi connectivity index (χ1) is 9.35. The maximum absolute atomic E-state index is 4.23. The SMILES string of the molecule is CNc1nnc(CN2CCc3ccccc3CC2)s1. The van der Waals surface area contributed by atoms with Gasteiger partial charge >= 0.3 is 0 Å². The number of fused-ring (bicyclic) bond motifs is 1. The van der Waals surface area contributed by atoms with Crippen LogP contribution >= 0.6 is 11.3 Å². The van der Waals surface area contributed by atoms with Crippen molar-refractivity contribution < 1.29 is 0 Å². The fraction of sp³-hybridized carbons (Fsp3) is 0.429. The average Bonchev–Trinajstić information content (AvgIpc) is 2.80. The quantitative estimate of drug-likeness (QED) is 0.931. The van der Waals surface area contributed by atoms with Crippen molar-refractivity contribution >= 4 is 16.5 Å². The molecule has 1 aromatic carbocycles. The number of aromatic nitrogens is 2. The Bertz CT molecular complexity index is 525. The Labute approximate surface area is 117 Å². The van der Waals surface area contributed by atoms with Gasteiger partial charge in [-0.05, 0) is 24.0 Å². The molecule has 1 N–H and O–H groups in total. The Morgan fingerprint density at radius 3 is 2.42 bits per heavy atom. The summed E-state index contributed by atoms with van der Waals surface area (Å²) in [4.78, 5) is 2.47. The Morgan fingerprint density at radius 2 is 1.84 bits per heavy atom. The van der Waals surface area contributed by atoms with Crippen molar-refractivity contribution in [2.24, 2.45) is 0 Å². The van der Waals surface area contributed by atoms with Gasteiger partial charge in [-0.25, -0.2) is 0 Å². The first kappa shape index (κ1) is 12.6. The molecule has 0 radical (unpaired) electrons. The van der Waals surface area contributed by atoms with E-state index in [1.54, 1.807) is 11.3 Å². The minimum atomic E-state index is 0.896. The largest absolute Gasteiger partial charge is 0.363 e. The van der Waals surface area contributed by atoms with Crippen molar-refractivity contribution in [3.8, 4) is 0 Å². The van der Waals surface area contributed by atoms with Gasteiger partial charge in [-0.15, -0.1) is 10.2 Å². The summed E-state index contributed by atoms with van der Waals surface area (Å²) in [6, 6.07) is 8.78. The molecule has 1 aliphatic heterocycles. The van der Waals surface area contributed by atoms with E-state index in [0.29, 0.717) is 0 Å². The molecule has 1 aliphatic rings. The summed E-state index contributed by atoms with van der Waals surface area (Å²) in [6.07, 6.45) is 2.27. The number of benzene rings is 1. The number of anilines is 1. The fourth-order valence-electron chi connectivity index (χ4n) is 2.48. The molecule has 0 fully saturated rings. The van der Waals surface area contributed by atoms with Crippen molar-refractivity contribution in [3.63, 3.8) is 0 Å². The zero-order valence-electron chi connectivity index (χ0n) is 11.1. The van der Waals surface area contributed by atoms with Crippen LogP contribution in [0.5, 0.6) is 0 Å². The van der Waals surface area contributed by atoms with E-state index < -0.39 is 0 Å². The number of nitrogens with zero attached hydrogens (tertiary/aromatic N) is 3. The molecule has 0 spiro atoms. The van der Waals surface area contributed by atoms with Crippen molar-refractivity contribution in [1.82, 2.24) is 15.1 Å². The lowest BCUT2D eigenvalue weighted by atomic mass is 10.0. The zero-order chi connectivity index (χ0) is 13.1. The first-order valence-corrected chi connectivity index (χ1v) is 7.46. The number of nitrogens with one attached hydrogen (secondary N) is 1. The van der Waals surface area contributed by atoms with E-state index in [1.165, 1.54) is 11.1 Å². The lowest BCUT2D eigenvalue weighted by Gasteiger charge is -2.17. The van der Waals surface area contributed by atoms with Crippen LogP contribution in [0.25, 0.3) is 0 Å². The third kappa shape index (κ3) is 2.93. The Morgan fingerprint density at radius 1 is 1.16 bits per heavy atom. The first-order valence-electron chi connectivity index (χ1n) is 6.64.